The van der Waals surface area contributed by atoms with Crippen LogP contribution in [0.1, 0.15) is 5.56 Å². The molecule has 1 aromatic carbocycles. The predicted molar refractivity (Wildman–Crippen MR) is 79.5 cm³/mol. The van der Waals surface area contributed by atoms with Crippen LogP contribution in [0.2, 0.25) is 0 Å². The second kappa shape index (κ2) is 5.80. The molecule has 1 aromatic rings. The quantitative estimate of drug-likeness (QED) is 0.778. The molecule has 0 aromatic heterocycles. The fraction of sp³-hybridized carbons (Fsp3) is 0.417. The van der Waals surface area contributed by atoms with E-state index in [4.69, 9.17) is 12.2 Å². The Morgan fingerprint density at radius 2 is 2.12 bits per heavy atom. The van der Waals surface area contributed by atoms with Gasteiger partial charge in [-0.25, -0.2) is 0 Å². The summed E-state index contributed by atoms with van der Waals surface area (Å²) in [5, 5.41) is 7.42. The first-order chi connectivity index (χ1) is 8.16. The van der Waals surface area contributed by atoms with Crippen LogP contribution in [-0.2, 0) is 0 Å². The molecule has 17 heavy (non-hydrogen) atoms. The number of halogens is 1. The number of anilines is 1. The zero-order valence-corrected chi connectivity index (χ0v) is 12.2. The maximum atomic E-state index is 5.41. The Balaban J connectivity index is 1.99. The molecule has 0 radical (unpaired) electrons. The van der Waals surface area contributed by atoms with Crippen LogP contribution in [-0.4, -0.2) is 36.2 Å². The first-order valence-corrected chi connectivity index (χ1v) is 6.90. The number of aryl methyl sites for hydroxylation is 1. The number of hydrogen-bond donors (Lipinski definition) is 2. The van der Waals surface area contributed by atoms with Crippen molar-refractivity contribution >= 4 is 38.9 Å². The average molecular weight is 314 g/mol. The topological polar surface area (TPSA) is 27.3 Å². The second-order valence-electron chi connectivity index (χ2n) is 4.13. The molecule has 0 saturated carbocycles. The van der Waals surface area contributed by atoms with Crippen LogP contribution in [0.5, 0.6) is 0 Å². The average Bonchev–Trinajstić information content (AvgIpc) is 2.35. The summed E-state index contributed by atoms with van der Waals surface area (Å²) in [6.45, 7) is 6.02. The van der Waals surface area contributed by atoms with Crippen molar-refractivity contribution in [3.8, 4) is 0 Å². The minimum absolute atomic E-state index is 0.813. The van der Waals surface area contributed by atoms with Crippen LogP contribution in [0, 0.1) is 6.92 Å². The van der Waals surface area contributed by atoms with E-state index in [1.165, 1.54) is 5.56 Å². The number of benzene rings is 1. The molecule has 1 heterocycles. The maximum Gasteiger partial charge on any atom is 0.173 e. The van der Waals surface area contributed by atoms with Gasteiger partial charge < -0.3 is 15.5 Å². The largest absolute Gasteiger partial charge is 0.346 e. The molecule has 92 valence electrons. The summed E-state index contributed by atoms with van der Waals surface area (Å²) in [4.78, 5) is 2.20. The third kappa shape index (κ3) is 3.40. The van der Waals surface area contributed by atoms with Crippen molar-refractivity contribution in [2.24, 2.45) is 0 Å². The van der Waals surface area contributed by atoms with Crippen molar-refractivity contribution in [3.05, 3.63) is 28.2 Å². The first kappa shape index (κ1) is 12.8. The zero-order valence-electron chi connectivity index (χ0n) is 9.79. The van der Waals surface area contributed by atoms with E-state index in [-0.39, 0.29) is 0 Å². The Morgan fingerprint density at radius 1 is 1.41 bits per heavy atom. The number of thiocarbonyl (C=S) groups is 1. The smallest absolute Gasteiger partial charge is 0.173 e. The molecule has 1 aliphatic rings. The van der Waals surface area contributed by atoms with Gasteiger partial charge in [0, 0.05) is 36.3 Å². The van der Waals surface area contributed by atoms with Crippen molar-refractivity contribution in [1.29, 1.82) is 0 Å². The highest BCUT2D eigenvalue weighted by atomic mass is 79.9. The molecule has 0 unspecified atom stereocenters. The highest BCUT2D eigenvalue weighted by molar-refractivity contribution is 9.10. The van der Waals surface area contributed by atoms with Crippen LogP contribution in [0.3, 0.4) is 0 Å². The lowest BCUT2D eigenvalue weighted by molar-refractivity contribution is 0.362. The van der Waals surface area contributed by atoms with E-state index in [9.17, 15) is 0 Å². The van der Waals surface area contributed by atoms with Crippen LogP contribution in [0.25, 0.3) is 0 Å². The van der Waals surface area contributed by atoms with Crippen molar-refractivity contribution in [3.63, 3.8) is 0 Å². The van der Waals surface area contributed by atoms with Crippen LogP contribution in [0.4, 0.5) is 5.69 Å². The Bertz CT molecular complexity index is 416. The molecular weight excluding hydrogens is 298 g/mol. The molecule has 0 aliphatic carbocycles. The van der Waals surface area contributed by atoms with Gasteiger partial charge in [-0.2, -0.15) is 0 Å². The normalized spacial score (nSPS) is 15.8. The number of nitrogens with one attached hydrogen (secondary N) is 2. The van der Waals surface area contributed by atoms with Gasteiger partial charge in [-0.3, -0.25) is 0 Å². The summed E-state index contributed by atoms with van der Waals surface area (Å²) >= 11 is 8.90. The molecule has 1 aliphatic heterocycles. The van der Waals surface area contributed by atoms with Gasteiger partial charge in [0.05, 0.1) is 0 Å². The van der Waals surface area contributed by atoms with Crippen molar-refractivity contribution in [2.45, 2.75) is 6.92 Å². The Kier molecular flexibility index (Phi) is 4.36. The van der Waals surface area contributed by atoms with Gasteiger partial charge in [0.15, 0.2) is 5.11 Å². The number of nitrogens with zero attached hydrogens (tertiary/aromatic N) is 1. The van der Waals surface area contributed by atoms with Crippen molar-refractivity contribution in [2.75, 3.05) is 31.5 Å². The molecule has 1 saturated heterocycles. The number of hydrogen-bond acceptors (Lipinski definition) is 2. The van der Waals surface area contributed by atoms with Crippen LogP contribution < -0.4 is 10.6 Å². The predicted octanol–water partition coefficient (Wildman–Crippen LogP) is 2.36. The minimum atomic E-state index is 0.813. The third-order valence-corrected chi connectivity index (χ3v) is 4.06. The molecule has 2 N–H and O–H groups in total. The van der Waals surface area contributed by atoms with E-state index in [0.29, 0.717) is 0 Å². The highest BCUT2D eigenvalue weighted by Gasteiger charge is 2.12. The van der Waals surface area contributed by atoms with Gasteiger partial charge in [0.1, 0.15) is 0 Å². The lowest BCUT2D eigenvalue weighted by atomic mass is 10.2. The van der Waals surface area contributed by atoms with Gasteiger partial charge in [-0.05, 0) is 42.9 Å². The highest BCUT2D eigenvalue weighted by Crippen LogP contribution is 2.20. The van der Waals surface area contributed by atoms with Crippen LogP contribution >= 0.6 is 28.1 Å². The summed E-state index contributed by atoms with van der Waals surface area (Å²) in [5.74, 6) is 0. The van der Waals surface area contributed by atoms with E-state index >= 15 is 0 Å². The van der Waals surface area contributed by atoms with Gasteiger partial charge >= 0.3 is 0 Å². The summed E-state index contributed by atoms with van der Waals surface area (Å²) in [6, 6.07) is 6.17. The van der Waals surface area contributed by atoms with E-state index in [0.717, 1.165) is 41.5 Å². The Hall–Kier alpha value is -0.650. The minimum Gasteiger partial charge on any atom is -0.346 e. The van der Waals surface area contributed by atoms with Gasteiger partial charge in [0.2, 0.25) is 0 Å². The third-order valence-electron chi connectivity index (χ3n) is 2.81. The van der Waals surface area contributed by atoms with Gasteiger partial charge in [-0.15, -0.1) is 0 Å². The fourth-order valence-corrected chi connectivity index (χ4v) is 2.34. The summed E-state index contributed by atoms with van der Waals surface area (Å²) in [6.07, 6.45) is 0. The maximum absolute atomic E-state index is 5.41. The van der Waals surface area contributed by atoms with E-state index < -0.39 is 0 Å². The molecular formula is C12H16BrN3S. The number of rotatable bonds is 1. The van der Waals surface area contributed by atoms with E-state index in [2.05, 4.69) is 44.5 Å². The summed E-state index contributed by atoms with van der Waals surface area (Å²) < 4.78 is 1.12. The molecule has 1 fully saturated rings. The van der Waals surface area contributed by atoms with Gasteiger partial charge in [0.25, 0.3) is 0 Å². The SMILES string of the molecule is Cc1cc(NC(=S)N2CCNCC2)ccc1Br. The lowest BCUT2D eigenvalue weighted by Gasteiger charge is -2.30. The molecule has 5 heteroatoms. The van der Waals surface area contributed by atoms with Crippen molar-refractivity contribution < 1.29 is 0 Å². The Labute approximate surface area is 116 Å². The fourth-order valence-electron chi connectivity index (χ4n) is 1.79. The molecule has 2 rings (SSSR count). The molecule has 0 bridgehead atoms. The van der Waals surface area contributed by atoms with Crippen LogP contribution in [0.15, 0.2) is 22.7 Å². The van der Waals surface area contributed by atoms with Crippen molar-refractivity contribution in [1.82, 2.24) is 10.2 Å². The first-order valence-electron chi connectivity index (χ1n) is 5.69. The standard InChI is InChI=1S/C12H16BrN3S/c1-9-8-10(2-3-11(9)13)15-12(17)16-6-4-14-5-7-16/h2-3,8,14H,4-7H2,1H3,(H,15,17). The molecule has 3 nitrogen and oxygen atoms in total. The summed E-state index contributed by atoms with van der Waals surface area (Å²) in [5.41, 5.74) is 2.26. The lowest BCUT2D eigenvalue weighted by Crippen LogP contribution is -2.47. The molecule has 0 spiro atoms. The summed E-state index contributed by atoms with van der Waals surface area (Å²) in [7, 11) is 0. The molecule has 0 amide bonds. The van der Waals surface area contributed by atoms with E-state index in [1.54, 1.807) is 0 Å². The van der Waals surface area contributed by atoms with Gasteiger partial charge in [-0.1, -0.05) is 15.9 Å². The second-order valence-corrected chi connectivity index (χ2v) is 5.37. The molecule has 0 atom stereocenters. The monoisotopic (exact) mass is 313 g/mol. The zero-order chi connectivity index (χ0) is 12.3. The number of piperazine rings is 1. The Morgan fingerprint density at radius 3 is 2.76 bits per heavy atom. The van der Waals surface area contributed by atoms with E-state index in [1.807, 2.05) is 12.1 Å².